The molecule has 0 aliphatic carbocycles. The number of thiophene rings is 1. The lowest BCUT2D eigenvalue weighted by atomic mass is 10.2. The minimum absolute atomic E-state index is 0.808. The molecule has 2 heteroatoms. The van der Waals surface area contributed by atoms with Crippen molar-refractivity contribution in [2.75, 3.05) is 0 Å². The van der Waals surface area contributed by atoms with E-state index in [0.29, 0.717) is 0 Å². The Morgan fingerprint density at radius 3 is 1.76 bits per heavy atom. The van der Waals surface area contributed by atoms with Gasteiger partial charge in [-0.15, -0.1) is 11.3 Å². The van der Waals surface area contributed by atoms with Crippen LogP contribution in [0.25, 0.3) is 0 Å². The van der Waals surface area contributed by atoms with Crippen LogP contribution in [0, 0.1) is 13.8 Å². The van der Waals surface area contributed by atoms with Gasteiger partial charge in [0.05, 0.1) is 4.88 Å². The summed E-state index contributed by atoms with van der Waals surface area (Å²) >= 11 is 1.52. The Hall–Kier alpha value is -1.41. The molecule has 92 valence electrons. The molecular weight excluding hydrogens is 228 g/mol. The van der Waals surface area contributed by atoms with E-state index in [-0.39, 0.29) is 0 Å². The van der Waals surface area contributed by atoms with Crippen LogP contribution in [0.15, 0.2) is 42.5 Å². The predicted octanol–water partition coefficient (Wildman–Crippen LogP) is 4.89. The third kappa shape index (κ3) is 7.47. The highest BCUT2D eigenvalue weighted by atomic mass is 32.1. The summed E-state index contributed by atoms with van der Waals surface area (Å²) in [6.07, 6.45) is 0.873. The first kappa shape index (κ1) is 15.6. The van der Waals surface area contributed by atoms with E-state index in [2.05, 4.69) is 19.1 Å². The summed E-state index contributed by atoms with van der Waals surface area (Å²) in [5.74, 6) is 0. The highest BCUT2D eigenvalue weighted by molar-refractivity contribution is 7.13. The fraction of sp³-hybridized carbons (Fsp3) is 0.267. The standard InChI is InChI=1S/C7H8.C6H6OS.C2H6/c1-7-5-3-2-4-6-7;1-5-2-3-6(4-7)8-5;1-2/h2-6H,1H3;2-4H,1H3;1-2H3. The molecule has 0 amide bonds. The van der Waals surface area contributed by atoms with Gasteiger partial charge in [-0.2, -0.15) is 0 Å². The van der Waals surface area contributed by atoms with Crippen LogP contribution >= 0.6 is 11.3 Å². The molecule has 0 aliphatic rings. The molecule has 0 N–H and O–H groups in total. The molecular formula is C15H20OS. The van der Waals surface area contributed by atoms with Gasteiger partial charge in [0.2, 0.25) is 0 Å². The van der Waals surface area contributed by atoms with Gasteiger partial charge >= 0.3 is 0 Å². The quantitative estimate of drug-likeness (QED) is 0.657. The van der Waals surface area contributed by atoms with Gasteiger partial charge in [0.1, 0.15) is 0 Å². The predicted molar refractivity (Wildman–Crippen MR) is 77.0 cm³/mol. The number of carbonyl (C=O) groups is 1. The molecule has 2 aromatic rings. The number of hydrogen-bond donors (Lipinski definition) is 0. The number of carbonyl (C=O) groups excluding carboxylic acids is 1. The zero-order valence-electron chi connectivity index (χ0n) is 10.9. The number of benzene rings is 1. The fourth-order valence-corrected chi connectivity index (χ4v) is 1.74. The minimum Gasteiger partial charge on any atom is -0.297 e. The second kappa shape index (κ2) is 9.79. The van der Waals surface area contributed by atoms with Crippen molar-refractivity contribution in [2.24, 2.45) is 0 Å². The number of aldehydes is 1. The van der Waals surface area contributed by atoms with Gasteiger partial charge in [-0.1, -0.05) is 49.7 Å². The van der Waals surface area contributed by atoms with E-state index in [9.17, 15) is 4.79 Å². The lowest BCUT2D eigenvalue weighted by Crippen LogP contribution is -1.62. The third-order valence-corrected chi connectivity index (χ3v) is 2.74. The Morgan fingerprint density at radius 2 is 1.53 bits per heavy atom. The van der Waals surface area contributed by atoms with Crippen LogP contribution in [0.5, 0.6) is 0 Å². The van der Waals surface area contributed by atoms with Crippen molar-refractivity contribution in [3.05, 3.63) is 57.8 Å². The average Bonchev–Trinajstić information content (AvgIpc) is 2.79. The highest BCUT2D eigenvalue weighted by Crippen LogP contribution is 2.11. The summed E-state index contributed by atoms with van der Waals surface area (Å²) in [5, 5.41) is 0. The SMILES string of the molecule is CC.Cc1ccc(C=O)s1.Cc1ccccc1. The molecule has 0 spiro atoms. The first-order valence-corrected chi connectivity index (χ1v) is 6.57. The third-order valence-electron chi connectivity index (χ3n) is 1.82. The van der Waals surface area contributed by atoms with Crippen LogP contribution in [0.2, 0.25) is 0 Å². The Balaban J connectivity index is 0.000000265. The number of rotatable bonds is 1. The highest BCUT2D eigenvalue weighted by Gasteiger charge is 1.90. The zero-order valence-corrected chi connectivity index (χ0v) is 11.8. The van der Waals surface area contributed by atoms with Crippen molar-refractivity contribution in [1.29, 1.82) is 0 Å². The Labute approximate surface area is 108 Å². The Morgan fingerprint density at radius 1 is 0.941 bits per heavy atom. The van der Waals surface area contributed by atoms with Gasteiger partial charge < -0.3 is 0 Å². The molecule has 0 aliphatic heterocycles. The maximum Gasteiger partial charge on any atom is 0.160 e. The van der Waals surface area contributed by atoms with E-state index < -0.39 is 0 Å². The summed E-state index contributed by atoms with van der Waals surface area (Å²) in [6, 6.07) is 14.0. The molecule has 1 aromatic heterocycles. The molecule has 0 unspecified atom stereocenters. The first-order chi connectivity index (χ1) is 8.22. The van der Waals surface area contributed by atoms with Gasteiger partial charge in [-0.3, -0.25) is 4.79 Å². The summed E-state index contributed by atoms with van der Waals surface area (Å²) in [7, 11) is 0. The summed E-state index contributed by atoms with van der Waals surface area (Å²) in [5.41, 5.74) is 1.32. The van der Waals surface area contributed by atoms with E-state index in [1.165, 1.54) is 21.8 Å². The van der Waals surface area contributed by atoms with Crippen LogP contribution in [0.4, 0.5) is 0 Å². The van der Waals surface area contributed by atoms with E-state index in [1.54, 1.807) is 0 Å². The van der Waals surface area contributed by atoms with Gasteiger partial charge in [-0.25, -0.2) is 0 Å². The molecule has 0 atom stereocenters. The van der Waals surface area contributed by atoms with E-state index >= 15 is 0 Å². The lowest BCUT2D eigenvalue weighted by molar-refractivity contribution is 0.112. The van der Waals surface area contributed by atoms with Crippen molar-refractivity contribution in [3.8, 4) is 0 Å². The summed E-state index contributed by atoms with van der Waals surface area (Å²) < 4.78 is 0. The maximum absolute atomic E-state index is 10.0. The largest absolute Gasteiger partial charge is 0.297 e. The number of aryl methyl sites for hydroxylation is 2. The van der Waals surface area contributed by atoms with Gasteiger partial charge in [0.25, 0.3) is 0 Å². The van der Waals surface area contributed by atoms with Gasteiger partial charge in [0.15, 0.2) is 6.29 Å². The monoisotopic (exact) mass is 248 g/mol. The van der Waals surface area contributed by atoms with Crippen molar-refractivity contribution < 1.29 is 4.79 Å². The maximum atomic E-state index is 10.0. The summed E-state index contributed by atoms with van der Waals surface area (Å²) in [6.45, 7) is 8.07. The molecule has 0 fully saturated rings. The van der Waals surface area contributed by atoms with Gasteiger partial charge in [0, 0.05) is 4.88 Å². The number of hydrogen-bond acceptors (Lipinski definition) is 2. The van der Waals surface area contributed by atoms with Crippen molar-refractivity contribution in [1.82, 2.24) is 0 Å². The van der Waals surface area contributed by atoms with Crippen LogP contribution < -0.4 is 0 Å². The van der Waals surface area contributed by atoms with E-state index in [0.717, 1.165) is 11.2 Å². The molecule has 0 radical (unpaired) electrons. The Kier molecular flexibility index (Phi) is 8.98. The van der Waals surface area contributed by atoms with Crippen molar-refractivity contribution >= 4 is 17.6 Å². The van der Waals surface area contributed by atoms with Crippen LogP contribution in [0.1, 0.15) is 34.0 Å². The van der Waals surface area contributed by atoms with Crippen LogP contribution in [-0.4, -0.2) is 6.29 Å². The molecule has 1 nitrogen and oxygen atoms in total. The molecule has 0 saturated heterocycles. The van der Waals surface area contributed by atoms with Crippen LogP contribution in [0.3, 0.4) is 0 Å². The molecule has 2 rings (SSSR count). The second-order valence-electron chi connectivity index (χ2n) is 3.22. The molecule has 0 bridgehead atoms. The van der Waals surface area contributed by atoms with E-state index in [1.807, 2.05) is 51.1 Å². The topological polar surface area (TPSA) is 17.1 Å². The molecule has 17 heavy (non-hydrogen) atoms. The first-order valence-electron chi connectivity index (χ1n) is 5.75. The molecule has 1 heterocycles. The normalized spacial score (nSPS) is 8.24. The van der Waals surface area contributed by atoms with Crippen molar-refractivity contribution in [2.45, 2.75) is 27.7 Å². The Bertz CT molecular complexity index is 404. The minimum atomic E-state index is 0.808. The second-order valence-corrected chi connectivity index (χ2v) is 4.54. The summed E-state index contributed by atoms with van der Waals surface area (Å²) in [4.78, 5) is 12.0. The van der Waals surface area contributed by atoms with E-state index in [4.69, 9.17) is 0 Å². The lowest BCUT2D eigenvalue weighted by Gasteiger charge is -1.82. The molecule has 0 saturated carbocycles. The van der Waals surface area contributed by atoms with Gasteiger partial charge in [-0.05, 0) is 26.0 Å². The smallest absolute Gasteiger partial charge is 0.160 e. The van der Waals surface area contributed by atoms with Crippen LogP contribution in [-0.2, 0) is 0 Å². The molecule has 1 aromatic carbocycles. The average molecular weight is 248 g/mol. The fourth-order valence-electron chi connectivity index (χ4n) is 1.05. The zero-order chi connectivity index (χ0) is 13.1. The van der Waals surface area contributed by atoms with Crippen molar-refractivity contribution in [3.63, 3.8) is 0 Å².